The number of aryl methyl sites for hydroxylation is 1. The van der Waals surface area contributed by atoms with Crippen LogP contribution in [0.5, 0.6) is 11.5 Å². The van der Waals surface area contributed by atoms with Crippen molar-refractivity contribution >= 4 is 12.1 Å². The fourth-order valence-electron chi connectivity index (χ4n) is 2.07. The van der Waals surface area contributed by atoms with Crippen molar-refractivity contribution in [3.8, 4) is 11.5 Å². The van der Waals surface area contributed by atoms with Crippen LogP contribution in [0.1, 0.15) is 17.5 Å². The Bertz CT molecular complexity index is 669. The maximum absolute atomic E-state index is 11.8. The molecule has 0 spiro atoms. The van der Waals surface area contributed by atoms with Gasteiger partial charge in [0.05, 0.1) is 20.4 Å². The maximum atomic E-state index is 11.8. The first-order valence-corrected chi connectivity index (χ1v) is 7.31. The summed E-state index contributed by atoms with van der Waals surface area (Å²) in [6.45, 7) is 0. The first kappa shape index (κ1) is 16.5. The molecule has 0 saturated heterocycles. The second-order valence-corrected chi connectivity index (χ2v) is 4.89. The van der Waals surface area contributed by atoms with Crippen LogP contribution in [0.25, 0.3) is 0 Å². The molecule has 5 nitrogen and oxygen atoms in total. The summed E-state index contributed by atoms with van der Waals surface area (Å²) in [5, 5.41) is 3.98. The summed E-state index contributed by atoms with van der Waals surface area (Å²) >= 11 is 0. The van der Waals surface area contributed by atoms with Gasteiger partial charge >= 0.3 is 0 Å². The van der Waals surface area contributed by atoms with Crippen molar-refractivity contribution in [1.82, 2.24) is 5.43 Å². The molecule has 120 valence electrons. The van der Waals surface area contributed by atoms with Crippen LogP contribution in [0.15, 0.2) is 53.6 Å². The number of hydrogen-bond donors (Lipinski definition) is 1. The van der Waals surface area contributed by atoms with E-state index in [9.17, 15) is 4.79 Å². The van der Waals surface area contributed by atoms with Crippen molar-refractivity contribution in [3.63, 3.8) is 0 Å². The molecule has 0 saturated carbocycles. The first-order valence-electron chi connectivity index (χ1n) is 7.31. The molecule has 0 heterocycles. The highest BCUT2D eigenvalue weighted by molar-refractivity contribution is 5.85. The van der Waals surface area contributed by atoms with Crippen LogP contribution in [0, 0.1) is 0 Å². The van der Waals surface area contributed by atoms with E-state index in [4.69, 9.17) is 9.47 Å². The van der Waals surface area contributed by atoms with Crippen LogP contribution < -0.4 is 14.9 Å². The molecule has 23 heavy (non-hydrogen) atoms. The Balaban J connectivity index is 1.89. The lowest BCUT2D eigenvalue weighted by atomic mass is 10.1. The molecular formula is C18H20N2O3. The van der Waals surface area contributed by atoms with E-state index in [1.54, 1.807) is 38.6 Å². The highest BCUT2D eigenvalue weighted by atomic mass is 16.5. The summed E-state index contributed by atoms with van der Waals surface area (Å²) in [7, 11) is 3.17. The summed E-state index contributed by atoms with van der Waals surface area (Å²) in [6.07, 6.45) is 2.61. The predicted molar refractivity (Wildman–Crippen MR) is 90.0 cm³/mol. The Morgan fingerprint density at radius 3 is 2.61 bits per heavy atom. The van der Waals surface area contributed by atoms with E-state index in [-0.39, 0.29) is 5.91 Å². The number of nitrogens with one attached hydrogen (secondary N) is 1. The van der Waals surface area contributed by atoms with Crippen LogP contribution in [0.4, 0.5) is 0 Å². The zero-order chi connectivity index (χ0) is 16.5. The zero-order valence-electron chi connectivity index (χ0n) is 13.3. The molecule has 0 aliphatic rings. The number of benzene rings is 2. The van der Waals surface area contributed by atoms with Gasteiger partial charge in [0.1, 0.15) is 11.5 Å². The number of ether oxygens (including phenoxy) is 2. The molecule has 0 aromatic heterocycles. The van der Waals surface area contributed by atoms with E-state index in [1.807, 2.05) is 30.3 Å². The predicted octanol–water partition coefficient (Wildman–Crippen LogP) is 2.79. The number of carbonyl (C=O) groups excluding carboxylic acids is 1. The molecule has 1 amide bonds. The number of rotatable bonds is 7. The molecule has 0 aliphatic heterocycles. The number of carbonyl (C=O) groups is 1. The Hall–Kier alpha value is -2.82. The van der Waals surface area contributed by atoms with Crippen molar-refractivity contribution in [2.24, 2.45) is 5.10 Å². The first-order chi connectivity index (χ1) is 11.2. The van der Waals surface area contributed by atoms with Gasteiger partial charge in [0, 0.05) is 12.0 Å². The second-order valence-electron chi connectivity index (χ2n) is 4.89. The molecule has 2 rings (SSSR count). The number of methoxy groups -OCH3 is 2. The molecule has 2 aromatic rings. The Morgan fingerprint density at radius 2 is 1.91 bits per heavy atom. The largest absolute Gasteiger partial charge is 0.497 e. The number of hydrogen-bond acceptors (Lipinski definition) is 4. The Kier molecular flexibility index (Phi) is 6.17. The molecule has 5 heteroatoms. The lowest BCUT2D eigenvalue weighted by molar-refractivity contribution is -0.121. The van der Waals surface area contributed by atoms with Gasteiger partial charge in [-0.15, -0.1) is 0 Å². The van der Waals surface area contributed by atoms with Gasteiger partial charge in [-0.1, -0.05) is 30.3 Å². The lowest BCUT2D eigenvalue weighted by Crippen LogP contribution is -2.17. The van der Waals surface area contributed by atoms with Crippen molar-refractivity contribution in [3.05, 3.63) is 59.7 Å². The van der Waals surface area contributed by atoms with E-state index in [0.717, 1.165) is 11.1 Å². The van der Waals surface area contributed by atoms with Gasteiger partial charge < -0.3 is 9.47 Å². The van der Waals surface area contributed by atoms with Gasteiger partial charge in [-0.05, 0) is 30.2 Å². The van der Waals surface area contributed by atoms with Crippen molar-refractivity contribution in [2.75, 3.05) is 14.2 Å². The Labute approximate surface area is 135 Å². The van der Waals surface area contributed by atoms with E-state index >= 15 is 0 Å². The van der Waals surface area contributed by atoms with Crippen molar-refractivity contribution in [1.29, 1.82) is 0 Å². The van der Waals surface area contributed by atoms with Crippen LogP contribution >= 0.6 is 0 Å². The molecule has 2 aromatic carbocycles. The number of amides is 1. The van der Waals surface area contributed by atoms with Gasteiger partial charge in [0.2, 0.25) is 5.91 Å². The quantitative estimate of drug-likeness (QED) is 0.632. The molecule has 1 N–H and O–H groups in total. The second kappa shape index (κ2) is 8.58. The SMILES string of the molecule is COc1ccc(OC)c(/C=N\NC(=O)CCc2ccccc2)c1. The molecule has 0 unspecified atom stereocenters. The summed E-state index contributed by atoms with van der Waals surface area (Å²) in [5.41, 5.74) is 4.38. The maximum Gasteiger partial charge on any atom is 0.240 e. The molecule has 0 radical (unpaired) electrons. The third-order valence-corrected chi connectivity index (χ3v) is 3.31. The fourth-order valence-corrected chi connectivity index (χ4v) is 2.07. The van der Waals surface area contributed by atoms with E-state index in [0.29, 0.717) is 24.3 Å². The highest BCUT2D eigenvalue weighted by Gasteiger charge is 2.04. The summed E-state index contributed by atoms with van der Waals surface area (Å²) in [4.78, 5) is 11.8. The minimum atomic E-state index is -0.132. The zero-order valence-corrected chi connectivity index (χ0v) is 13.3. The monoisotopic (exact) mass is 312 g/mol. The van der Waals surface area contributed by atoms with Crippen molar-refractivity contribution in [2.45, 2.75) is 12.8 Å². The molecular weight excluding hydrogens is 292 g/mol. The highest BCUT2D eigenvalue weighted by Crippen LogP contribution is 2.22. The summed E-state index contributed by atoms with van der Waals surface area (Å²) in [6, 6.07) is 15.2. The molecule has 0 atom stereocenters. The number of nitrogens with zero attached hydrogens (tertiary/aromatic N) is 1. The van der Waals surface area contributed by atoms with Gasteiger partial charge in [0.15, 0.2) is 0 Å². The average Bonchev–Trinajstić information content (AvgIpc) is 2.60. The summed E-state index contributed by atoms with van der Waals surface area (Å²) in [5.74, 6) is 1.22. The van der Waals surface area contributed by atoms with Crippen LogP contribution in [-0.2, 0) is 11.2 Å². The topological polar surface area (TPSA) is 59.9 Å². The Morgan fingerprint density at radius 1 is 1.13 bits per heavy atom. The standard InChI is InChI=1S/C18H20N2O3/c1-22-16-9-10-17(23-2)15(12-16)13-19-20-18(21)11-8-14-6-4-3-5-7-14/h3-7,9-10,12-13H,8,11H2,1-2H3,(H,20,21)/b19-13-. The molecule has 0 fully saturated rings. The van der Waals surface area contributed by atoms with Gasteiger partial charge in [-0.3, -0.25) is 4.79 Å². The van der Waals surface area contributed by atoms with E-state index in [1.165, 1.54) is 0 Å². The summed E-state index contributed by atoms with van der Waals surface area (Å²) < 4.78 is 10.4. The minimum absolute atomic E-state index is 0.132. The van der Waals surface area contributed by atoms with Gasteiger partial charge in [-0.2, -0.15) is 5.10 Å². The number of hydrazone groups is 1. The third kappa shape index (κ3) is 5.14. The van der Waals surface area contributed by atoms with Crippen molar-refractivity contribution < 1.29 is 14.3 Å². The van der Waals surface area contributed by atoms with Gasteiger partial charge in [0.25, 0.3) is 0 Å². The average molecular weight is 312 g/mol. The van der Waals surface area contributed by atoms with E-state index in [2.05, 4.69) is 10.5 Å². The normalized spacial score (nSPS) is 10.5. The van der Waals surface area contributed by atoms with Crippen LogP contribution in [0.3, 0.4) is 0 Å². The van der Waals surface area contributed by atoms with Crippen LogP contribution in [-0.4, -0.2) is 26.3 Å². The lowest BCUT2D eigenvalue weighted by Gasteiger charge is -2.06. The van der Waals surface area contributed by atoms with Gasteiger partial charge in [-0.25, -0.2) is 5.43 Å². The minimum Gasteiger partial charge on any atom is -0.497 e. The third-order valence-electron chi connectivity index (χ3n) is 3.31. The van der Waals surface area contributed by atoms with Crippen LogP contribution in [0.2, 0.25) is 0 Å². The molecule has 0 aliphatic carbocycles. The fraction of sp³-hybridized carbons (Fsp3) is 0.222. The smallest absolute Gasteiger partial charge is 0.240 e. The molecule has 0 bridgehead atoms. The van der Waals surface area contributed by atoms with E-state index < -0.39 is 0 Å².